The van der Waals surface area contributed by atoms with Crippen LogP contribution in [-0.4, -0.2) is 38.6 Å². The van der Waals surface area contributed by atoms with Gasteiger partial charge in [-0.2, -0.15) is 0 Å². The molecule has 0 aliphatic heterocycles. The second-order valence-electron chi connectivity index (χ2n) is 9.73. The van der Waals surface area contributed by atoms with Gasteiger partial charge in [-0.15, -0.1) is 0 Å². The fourth-order valence-corrected chi connectivity index (χ4v) is 7.66. The van der Waals surface area contributed by atoms with Gasteiger partial charge in [0.25, 0.3) is 0 Å². The van der Waals surface area contributed by atoms with Gasteiger partial charge in [0.15, 0.2) is 5.65 Å². The Bertz CT molecular complexity index is 1210. The van der Waals surface area contributed by atoms with Crippen molar-refractivity contribution in [2.24, 2.45) is 0 Å². The SMILES string of the molecule is CCCc1nc(C23CCC(NS(=O)(=O)C4CC4)(CC2)CC3)n2c1cnc1[nH]ccc12. The summed E-state index contributed by atoms with van der Waals surface area (Å²) in [6, 6.07) is 2.09. The van der Waals surface area contributed by atoms with Crippen LogP contribution in [0.3, 0.4) is 0 Å². The first-order valence-electron chi connectivity index (χ1n) is 11.3. The van der Waals surface area contributed by atoms with Crippen molar-refractivity contribution in [2.75, 3.05) is 0 Å². The molecule has 4 aliphatic carbocycles. The second-order valence-corrected chi connectivity index (χ2v) is 11.7. The molecule has 8 heteroatoms. The molecule has 0 unspecified atom stereocenters. The summed E-state index contributed by atoms with van der Waals surface area (Å²) in [4.78, 5) is 13.1. The number of aryl methyl sites for hydroxylation is 1. The highest BCUT2D eigenvalue weighted by Crippen LogP contribution is 2.54. The summed E-state index contributed by atoms with van der Waals surface area (Å²) in [5, 5.41) is -0.150. The normalized spacial score (nSPS) is 29.2. The number of sulfonamides is 1. The average molecular weight is 428 g/mol. The average Bonchev–Trinajstić information content (AvgIpc) is 3.39. The molecular formula is C22H29N5O2S. The lowest BCUT2D eigenvalue weighted by Crippen LogP contribution is -2.58. The third-order valence-corrected chi connectivity index (χ3v) is 9.85. The molecule has 30 heavy (non-hydrogen) atoms. The molecule has 2 bridgehead atoms. The molecule has 3 aromatic heterocycles. The van der Waals surface area contributed by atoms with Crippen molar-refractivity contribution >= 4 is 26.7 Å². The van der Waals surface area contributed by atoms with Gasteiger partial charge in [0.1, 0.15) is 5.82 Å². The molecule has 3 aromatic rings. The minimum absolute atomic E-state index is 0.0211. The molecule has 0 saturated heterocycles. The third kappa shape index (κ3) is 2.69. The number of rotatable bonds is 6. The highest BCUT2D eigenvalue weighted by atomic mass is 32.2. The first-order valence-corrected chi connectivity index (χ1v) is 12.9. The van der Waals surface area contributed by atoms with Gasteiger partial charge in [-0.05, 0) is 63.9 Å². The molecule has 7 nitrogen and oxygen atoms in total. The molecule has 4 fully saturated rings. The minimum Gasteiger partial charge on any atom is -0.345 e. The zero-order chi connectivity index (χ0) is 20.6. The van der Waals surface area contributed by atoms with Gasteiger partial charge in [0.05, 0.1) is 28.2 Å². The predicted molar refractivity (Wildman–Crippen MR) is 116 cm³/mol. The Kier molecular flexibility index (Phi) is 3.95. The van der Waals surface area contributed by atoms with E-state index in [2.05, 4.69) is 32.1 Å². The second kappa shape index (κ2) is 6.29. The third-order valence-electron chi connectivity index (χ3n) is 7.78. The van der Waals surface area contributed by atoms with E-state index in [-0.39, 0.29) is 16.2 Å². The van der Waals surface area contributed by atoms with Crippen molar-refractivity contribution in [1.29, 1.82) is 0 Å². The van der Waals surface area contributed by atoms with Crippen LogP contribution in [0.1, 0.15) is 76.2 Å². The molecule has 7 rings (SSSR count). The van der Waals surface area contributed by atoms with Crippen molar-refractivity contribution in [2.45, 2.75) is 87.3 Å². The molecule has 2 N–H and O–H groups in total. The van der Waals surface area contributed by atoms with Crippen molar-refractivity contribution in [3.63, 3.8) is 0 Å². The zero-order valence-corrected chi connectivity index (χ0v) is 18.3. The zero-order valence-electron chi connectivity index (χ0n) is 17.4. The van der Waals surface area contributed by atoms with E-state index in [0.717, 1.165) is 92.4 Å². The lowest BCUT2D eigenvalue weighted by atomic mass is 9.57. The topological polar surface area (TPSA) is 92.2 Å². The van der Waals surface area contributed by atoms with Gasteiger partial charge in [0, 0.05) is 17.2 Å². The summed E-state index contributed by atoms with van der Waals surface area (Å²) in [6.45, 7) is 2.19. The molecule has 160 valence electrons. The highest BCUT2D eigenvalue weighted by molar-refractivity contribution is 7.90. The first-order chi connectivity index (χ1) is 14.5. The molecule has 0 atom stereocenters. The Labute approximate surface area is 176 Å². The van der Waals surface area contributed by atoms with E-state index in [0.29, 0.717) is 0 Å². The maximum atomic E-state index is 12.6. The van der Waals surface area contributed by atoms with Gasteiger partial charge in [-0.1, -0.05) is 13.3 Å². The number of hydrogen-bond acceptors (Lipinski definition) is 4. The summed E-state index contributed by atoms with van der Waals surface area (Å²) in [5.41, 5.74) is 4.00. The van der Waals surface area contributed by atoms with Crippen molar-refractivity contribution in [1.82, 2.24) is 24.1 Å². The maximum absolute atomic E-state index is 12.6. The predicted octanol–water partition coefficient (Wildman–Crippen LogP) is 3.59. The lowest BCUT2D eigenvalue weighted by Gasteiger charge is -2.52. The Balaban J connectivity index is 1.40. The van der Waals surface area contributed by atoms with Crippen LogP contribution in [0.25, 0.3) is 16.7 Å². The number of aromatic amines is 1. The van der Waals surface area contributed by atoms with E-state index in [1.807, 2.05) is 12.4 Å². The fourth-order valence-electron chi connectivity index (χ4n) is 5.83. The van der Waals surface area contributed by atoms with Crippen LogP contribution < -0.4 is 4.72 Å². The van der Waals surface area contributed by atoms with Gasteiger partial charge in [-0.3, -0.25) is 4.40 Å². The van der Waals surface area contributed by atoms with Gasteiger partial charge in [0.2, 0.25) is 10.0 Å². The quantitative estimate of drug-likeness (QED) is 0.629. The van der Waals surface area contributed by atoms with E-state index in [9.17, 15) is 8.42 Å². The minimum atomic E-state index is -3.16. The Hall–Kier alpha value is -1.93. The monoisotopic (exact) mass is 427 g/mol. The number of aromatic nitrogens is 4. The van der Waals surface area contributed by atoms with E-state index in [4.69, 9.17) is 4.98 Å². The molecule has 4 aliphatic rings. The van der Waals surface area contributed by atoms with E-state index >= 15 is 0 Å². The number of fused-ring (bicyclic) bond motifs is 6. The number of nitrogens with one attached hydrogen (secondary N) is 2. The lowest BCUT2D eigenvalue weighted by molar-refractivity contribution is 0.0885. The number of imidazole rings is 1. The molecule has 0 aromatic carbocycles. The first kappa shape index (κ1) is 18.8. The number of nitrogens with zero attached hydrogens (tertiary/aromatic N) is 3. The summed E-state index contributed by atoms with van der Waals surface area (Å²) < 4.78 is 30.7. The van der Waals surface area contributed by atoms with Crippen LogP contribution in [0.2, 0.25) is 0 Å². The Morgan fingerprint density at radius 1 is 1.17 bits per heavy atom. The molecule has 4 saturated carbocycles. The maximum Gasteiger partial charge on any atom is 0.214 e. The van der Waals surface area contributed by atoms with E-state index in [1.54, 1.807) is 0 Å². The summed E-state index contributed by atoms with van der Waals surface area (Å²) in [7, 11) is -3.16. The van der Waals surface area contributed by atoms with Crippen molar-refractivity contribution in [3.8, 4) is 0 Å². The van der Waals surface area contributed by atoms with Crippen LogP contribution in [0.15, 0.2) is 18.5 Å². The molecule has 0 spiro atoms. The van der Waals surface area contributed by atoms with E-state index in [1.165, 1.54) is 0 Å². The number of H-pyrrole nitrogens is 1. The van der Waals surface area contributed by atoms with Gasteiger partial charge >= 0.3 is 0 Å². The fraction of sp³-hybridized carbons (Fsp3) is 0.636. The van der Waals surface area contributed by atoms with Gasteiger partial charge in [-0.25, -0.2) is 23.1 Å². The smallest absolute Gasteiger partial charge is 0.214 e. The van der Waals surface area contributed by atoms with Crippen LogP contribution in [0.4, 0.5) is 0 Å². The van der Waals surface area contributed by atoms with Crippen LogP contribution >= 0.6 is 0 Å². The van der Waals surface area contributed by atoms with Crippen LogP contribution in [0.5, 0.6) is 0 Å². The molecule has 0 amide bonds. The van der Waals surface area contributed by atoms with Crippen LogP contribution in [-0.2, 0) is 21.9 Å². The van der Waals surface area contributed by atoms with Gasteiger partial charge < -0.3 is 4.98 Å². The largest absolute Gasteiger partial charge is 0.345 e. The van der Waals surface area contributed by atoms with Crippen molar-refractivity contribution in [3.05, 3.63) is 30.0 Å². The Morgan fingerprint density at radius 3 is 2.57 bits per heavy atom. The van der Waals surface area contributed by atoms with Crippen LogP contribution in [0, 0.1) is 0 Å². The highest BCUT2D eigenvalue weighted by Gasteiger charge is 2.54. The van der Waals surface area contributed by atoms with Crippen molar-refractivity contribution < 1.29 is 8.42 Å². The standard InChI is InChI=1S/C22H29N5O2S/c1-2-3-16-18-14-24-19-17(6-13-23-19)27(18)20(25-16)21-7-10-22(11-8-21,12-9-21)26-30(28,29)15-4-5-15/h6,13-15,23,26H,2-5,7-12H2,1H3. The molecular weight excluding hydrogens is 398 g/mol. The summed E-state index contributed by atoms with van der Waals surface area (Å²) in [6.07, 6.45) is 13.2. The summed E-state index contributed by atoms with van der Waals surface area (Å²) >= 11 is 0. The summed E-state index contributed by atoms with van der Waals surface area (Å²) in [5.74, 6) is 1.16. The number of hydrogen-bond donors (Lipinski definition) is 2. The molecule has 3 heterocycles. The Morgan fingerprint density at radius 2 is 1.90 bits per heavy atom. The molecule has 0 radical (unpaired) electrons. The van der Waals surface area contributed by atoms with E-state index < -0.39 is 10.0 Å².